The molecule has 0 unspecified atom stereocenters. The predicted molar refractivity (Wildman–Crippen MR) is 133 cm³/mol. The second-order valence-electron chi connectivity index (χ2n) is 8.00. The minimum atomic E-state index is -1.22. The molecule has 0 aliphatic carbocycles. The van der Waals surface area contributed by atoms with E-state index < -0.39 is 11.9 Å². The molecule has 1 amide bonds. The number of hydrogen-bond acceptors (Lipinski definition) is 4. The third-order valence-corrected chi connectivity index (χ3v) is 5.50. The van der Waals surface area contributed by atoms with Gasteiger partial charge in [-0.2, -0.15) is 5.10 Å². The van der Waals surface area contributed by atoms with E-state index in [0.717, 1.165) is 29.0 Å². The third-order valence-electron chi connectivity index (χ3n) is 5.50. The average Bonchev–Trinajstić information content (AvgIpc) is 3.32. The molecule has 0 spiro atoms. The number of ether oxygens (including phenoxy) is 1. The number of nitrogens with zero attached hydrogens (tertiary/aromatic N) is 3. The van der Waals surface area contributed by atoms with Gasteiger partial charge in [-0.05, 0) is 54.1 Å². The molecule has 0 saturated heterocycles. The molecule has 1 heterocycles. The van der Waals surface area contributed by atoms with Gasteiger partial charge in [0.15, 0.2) is 0 Å². The van der Waals surface area contributed by atoms with Crippen LogP contribution in [0.15, 0.2) is 97.2 Å². The van der Waals surface area contributed by atoms with Crippen LogP contribution in [0.25, 0.3) is 16.9 Å². The fourth-order valence-corrected chi connectivity index (χ4v) is 3.71. The van der Waals surface area contributed by atoms with Gasteiger partial charge in [0.05, 0.1) is 25.0 Å². The molecule has 4 rings (SSSR count). The van der Waals surface area contributed by atoms with Gasteiger partial charge in [0.25, 0.3) is 0 Å². The fourth-order valence-electron chi connectivity index (χ4n) is 3.71. The lowest BCUT2D eigenvalue weighted by Gasteiger charge is -2.21. The highest BCUT2D eigenvalue weighted by Gasteiger charge is 2.19. The van der Waals surface area contributed by atoms with Crippen LogP contribution in [-0.2, 0) is 22.7 Å². The first-order chi connectivity index (χ1) is 17.4. The molecular formula is C28H24FN3O4. The SMILES string of the molecule is COc1ccc(-c2nn(-c3ccccc3)cc2CN(Cc2ccc(F)cc2)C(=O)/C=C/C(=O)O)cc1. The lowest BCUT2D eigenvalue weighted by Crippen LogP contribution is -2.28. The molecule has 4 aromatic rings. The molecule has 0 radical (unpaired) electrons. The van der Waals surface area contributed by atoms with E-state index >= 15 is 0 Å². The van der Waals surface area contributed by atoms with E-state index in [-0.39, 0.29) is 18.9 Å². The van der Waals surface area contributed by atoms with E-state index in [4.69, 9.17) is 14.9 Å². The molecule has 36 heavy (non-hydrogen) atoms. The summed E-state index contributed by atoms with van der Waals surface area (Å²) < 4.78 is 20.4. The number of methoxy groups -OCH3 is 1. The Bertz CT molecular complexity index is 1360. The van der Waals surface area contributed by atoms with Crippen LogP contribution in [0.4, 0.5) is 4.39 Å². The summed E-state index contributed by atoms with van der Waals surface area (Å²) in [5.74, 6) is -1.39. The molecule has 0 saturated carbocycles. The largest absolute Gasteiger partial charge is 0.497 e. The van der Waals surface area contributed by atoms with Crippen LogP contribution in [0.5, 0.6) is 5.75 Å². The highest BCUT2D eigenvalue weighted by Crippen LogP contribution is 2.27. The number of carboxylic acid groups (broad SMARTS) is 1. The second-order valence-corrected chi connectivity index (χ2v) is 8.00. The Kier molecular flexibility index (Phi) is 7.55. The maximum atomic E-state index is 13.4. The summed E-state index contributed by atoms with van der Waals surface area (Å²) in [6, 6.07) is 22.8. The molecule has 0 aliphatic heterocycles. The van der Waals surface area contributed by atoms with Crippen molar-refractivity contribution in [2.45, 2.75) is 13.1 Å². The van der Waals surface area contributed by atoms with Crippen LogP contribution >= 0.6 is 0 Å². The van der Waals surface area contributed by atoms with Crippen LogP contribution in [0.3, 0.4) is 0 Å². The number of aliphatic carboxylic acids is 1. The molecule has 1 N–H and O–H groups in total. The second kappa shape index (κ2) is 11.1. The van der Waals surface area contributed by atoms with Crippen LogP contribution in [0, 0.1) is 5.82 Å². The third kappa shape index (κ3) is 6.04. The first kappa shape index (κ1) is 24.4. The molecule has 0 fully saturated rings. The topological polar surface area (TPSA) is 84.7 Å². The number of carbonyl (C=O) groups excluding carboxylic acids is 1. The van der Waals surface area contributed by atoms with Crippen molar-refractivity contribution < 1.29 is 23.8 Å². The van der Waals surface area contributed by atoms with Crippen molar-refractivity contribution in [1.82, 2.24) is 14.7 Å². The van der Waals surface area contributed by atoms with Crippen LogP contribution in [0.1, 0.15) is 11.1 Å². The number of rotatable bonds is 9. The van der Waals surface area contributed by atoms with Crippen molar-refractivity contribution in [2.24, 2.45) is 0 Å². The zero-order chi connectivity index (χ0) is 25.5. The highest BCUT2D eigenvalue weighted by atomic mass is 19.1. The Morgan fingerprint density at radius 1 is 0.972 bits per heavy atom. The van der Waals surface area contributed by atoms with Crippen molar-refractivity contribution in [2.75, 3.05) is 7.11 Å². The summed E-state index contributed by atoms with van der Waals surface area (Å²) in [5.41, 5.74) is 3.80. The maximum absolute atomic E-state index is 13.4. The van der Waals surface area contributed by atoms with Crippen LogP contribution in [-0.4, -0.2) is 38.8 Å². The lowest BCUT2D eigenvalue weighted by molar-refractivity contribution is -0.132. The van der Waals surface area contributed by atoms with Gasteiger partial charge in [-0.1, -0.05) is 30.3 Å². The van der Waals surface area contributed by atoms with E-state index in [0.29, 0.717) is 17.0 Å². The molecule has 3 aromatic carbocycles. The first-order valence-electron chi connectivity index (χ1n) is 11.2. The number of benzene rings is 3. The number of carboxylic acids is 1. The van der Waals surface area contributed by atoms with Crippen molar-refractivity contribution in [3.05, 3.63) is 114 Å². The Balaban J connectivity index is 1.74. The summed E-state index contributed by atoms with van der Waals surface area (Å²) >= 11 is 0. The van der Waals surface area contributed by atoms with Crippen molar-refractivity contribution >= 4 is 11.9 Å². The van der Waals surface area contributed by atoms with Crippen molar-refractivity contribution in [3.8, 4) is 22.7 Å². The lowest BCUT2D eigenvalue weighted by atomic mass is 10.1. The van der Waals surface area contributed by atoms with Crippen LogP contribution < -0.4 is 4.74 Å². The van der Waals surface area contributed by atoms with Crippen molar-refractivity contribution in [1.29, 1.82) is 0 Å². The van der Waals surface area contributed by atoms with E-state index in [1.54, 1.807) is 23.9 Å². The molecular weight excluding hydrogens is 461 g/mol. The number of aromatic nitrogens is 2. The zero-order valence-corrected chi connectivity index (χ0v) is 19.5. The van der Waals surface area contributed by atoms with E-state index in [1.807, 2.05) is 60.8 Å². The molecule has 8 heteroatoms. The summed E-state index contributed by atoms with van der Waals surface area (Å²) in [6.07, 6.45) is 3.67. The van der Waals surface area contributed by atoms with Gasteiger partial charge in [-0.25, -0.2) is 13.9 Å². The Morgan fingerprint density at radius 3 is 2.31 bits per heavy atom. The van der Waals surface area contributed by atoms with Gasteiger partial charge < -0.3 is 14.7 Å². The number of carbonyl (C=O) groups is 2. The van der Waals surface area contributed by atoms with Gasteiger partial charge >= 0.3 is 5.97 Å². The average molecular weight is 486 g/mol. The minimum Gasteiger partial charge on any atom is -0.497 e. The quantitative estimate of drug-likeness (QED) is 0.343. The van der Waals surface area contributed by atoms with Crippen LogP contribution in [0.2, 0.25) is 0 Å². The number of hydrogen-bond donors (Lipinski definition) is 1. The smallest absolute Gasteiger partial charge is 0.328 e. The fraction of sp³-hybridized carbons (Fsp3) is 0.107. The summed E-state index contributed by atoms with van der Waals surface area (Å²) in [4.78, 5) is 25.5. The summed E-state index contributed by atoms with van der Waals surface area (Å²) in [7, 11) is 1.59. The predicted octanol–water partition coefficient (Wildman–Crippen LogP) is 4.86. The summed E-state index contributed by atoms with van der Waals surface area (Å²) in [5, 5.41) is 13.8. The molecule has 0 aliphatic rings. The Morgan fingerprint density at radius 2 is 1.67 bits per heavy atom. The normalized spacial score (nSPS) is 10.9. The van der Waals surface area contributed by atoms with Crippen molar-refractivity contribution in [3.63, 3.8) is 0 Å². The van der Waals surface area contributed by atoms with E-state index in [2.05, 4.69) is 0 Å². The van der Waals surface area contributed by atoms with E-state index in [1.165, 1.54) is 17.0 Å². The Hall–Kier alpha value is -4.72. The number of halogens is 1. The van der Waals surface area contributed by atoms with Gasteiger partial charge in [-0.3, -0.25) is 4.79 Å². The first-order valence-corrected chi connectivity index (χ1v) is 11.2. The minimum absolute atomic E-state index is 0.147. The molecule has 1 aromatic heterocycles. The number of amides is 1. The molecule has 0 bridgehead atoms. The molecule has 7 nitrogen and oxygen atoms in total. The molecule has 0 atom stereocenters. The van der Waals surface area contributed by atoms with Gasteiger partial charge in [0, 0.05) is 36.0 Å². The number of para-hydroxylation sites is 1. The van der Waals surface area contributed by atoms with Gasteiger partial charge in [0.1, 0.15) is 11.6 Å². The summed E-state index contributed by atoms with van der Waals surface area (Å²) in [6.45, 7) is 0.302. The highest BCUT2D eigenvalue weighted by molar-refractivity contribution is 5.94. The van der Waals surface area contributed by atoms with E-state index in [9.17, 15) is 14.0 Å². The van der Waals surface area contributed by atoms with Gasteiger partial charge in [0.2, 0.25) is 5.91 Å². The monoisotopic (exact) mass is 485 g/mol. The zero-order valence-electron chi connectivity index (χ0n) is 19.5. The van der Waals surface area contributed by atoms with Gasteiger partial charge in [-0.15, -0.1) is 0 Å². The Labute approximate surface area is 207 Å². The standard InChI is InChI=1S/C28H24FN3O4/c1-36-25-13-9-21(10-14-25)28-22(19-32(30-28)24-5-3-2-4-6-24)18-31(26(33)15-16-27(34)35)17-20-7-11-23(29)12-8-20/h2-16,19H,17-18H2,1H3,(H,34,35)/b16-15+. The maximum Gasteiger partial charge on any atom is 0.328 e. The molecule has 182 valence electrons.